The molecular formula is C14H23BrOS. The van der Waals surface area contributed by atoms with Crippen LogP contribution in [0, 0.1) is 10.8 Å². The molecule has 0 aliphatic carbocycles. The van der Waals surface area contributed by atoms with E-state index in [1.54, 1.807) is 0 Å². The van der Waals surface area contributed by atoms with Crippen LogP contribution < -0.4 is 0 Å². The first-order valence-corrected chi connectivity index (χ1v) is 7.87. The van der Waals surface area contributed by atoms with Crippen LogP contribution in [-0.4, -0.2) is 15.9 Å². The van der Waals surface area contributed by atoms with Crippen molar-refractivity contribution in [2.45, 2.75) is 58.0 Å². The monoisotopic (exact) mass is 318 g/mol. The summed E-state index contributed by atoms with van der Waals surface area (Å²) >= 11 is 5.55. The number of hydrogen-bond acceptors (Lipinski definition) is 2. The molecule has 0 aromatic heterocycles. The van der Waals surface area contributed by atoms with Gasteiger partial charge in [-0.25, -0.2) is 0 Å². The highest BCUT2D eigenvalue weighted by molar-refractivity contribution is 9.09. The van der Waals surface area contributed by atoms with Gasteiger partial charge >= 0.3 is 0 Å². The average Bonchev–Trinajstić information content (AvgIpc) is 2.45. The SMILES string of the molecule is CC(C)(C)C(=O)CC1SC(C(C)(C)C)=CC1Br. The van der Waals surface area contributed by atoms with Crippen LogP contribution in [0.4, 0.5) is 0 Å². The predicted octanol–water partition coefficient (Wildman–Crippen LogP) is 4.80. The number of rotatable bonds is 2. The van der Waals surface area contributed by atoms with E-state index in [0.717, 1.165) is 0 Å². The molecule has 1 nitrogen and oxygen atoms in total. The minimum atomic E-state index is -0.224. The van der Waals surface area contributed by atoms with E-state index < -0.39 is 0 Å². The maximum Gasteiger partial charge on any atom is 0.139 e. The molecule has 1 aliphatic heterocycles. The van der Waals surface area contributed by atoms with Crippen LogP contribution in [0.3, 0.4) is 0 Å². The molecule has 0 fully saturated rings. The topological polar surface area (TPSA) is 17.1 Å². The minimum Gasteiger partial charge on any atom is -0.299 e. The number of allylic oxidation sites excluding steroid dienone is 2. The Morgan fingerprint density at radius 3 is 2.18 bits per heavy atom. The van der Waals surface area contributed by atoms with E-state index in [1.807, 2.05) is 32.5 Å². The molecule has 0 amide bonds. The second-order valence-corrected chi connectivity index (χ2v) is 9.10. The van der Waals surface area contributed by atoms with Gasteiger partial charge in [-0.05, 0) is 10.3 Å². The number of carbonyl (C=O) groups excluding carboxylic acids is 1. The highest BCUT2D eigenvalue weighted by atomic mass is 79.9. The standard InChI is InChI=1S/C14H23BrOS/c1-13(2,3)11(16)8-10-9(15)7-12(17-10)14(4,5)6/h7,9-10H,8H2,1-6H3. The molecule has 3 heteroatoms. The molecule has 98 valence electrons. The van der Waals surface area contributed by atoms with Crippen molar-refractivity contribution in [1.82, 2.24) is 0 Å². The summed E-state index contributed by atoms with van der Waals surface area (Å²) in [4.78, 5) is 13.8. The highest BCUT2D eigenvalue weighted by Gasteiger charge is 2.35. The van der Waals surface area contributed by atoms with Crippen LogP contribution in [0.1, 0.15) is 48.0 Å². The van der Waals surface area contributed by atoms with Gasteiger partial charge in [0.05, 0.1) is 0 Å². The van der Waals surface area contributed by atoms with Crippen molar-refractivity contribution in [3.8, 4) is 0 Å². The van der Waals surface area contributed by atoms with Crippen LogP contribution in [-0.2, 0) is 4.79 Å². The van der Waals surface area contributed by atoms with E-state index >= 15 is 0 Å². The number of thioether (sulfide) groups is 1. The summed E-state index contributed by atoms with van der Waals surface area (Å²) in [6.07, 6.45) is 2.92. The van der Waals surface area contributed by atoms with Crippen LogP contribution in [0.15, 0.2) is 11.0 Å². The molecule has 0 saturated heterocycles. The Balaban J connectivity index is 2.65. The van der Waals surface area contributed by atoms with Gasteiger partial charge in [0.2, 0.25) is 0 Å². The largest absolute Gasteiger partial charge is 0.299 e. The molecule has 0 aromatic rings. The number of ketones is 1. The van der Waals surface area contributed by atoms with Crippen molar-refractivity contribution in [2.75, 3.05) is 0 Å². The Hall–Kier alpha value is 0.240. The Bertz CT molecular complexity index is 333. The van der Waals surface area contributed by atoms with E-state index in [2.05, 4.69) is 42.8 Å². The summed E-state index contributed by atoms with van der Waals surface area (Å²) in [7, 11) is 0. The fourth-order valence-electron chi connectivity index (χ4n) is 1.59. The van der Waals surface area contributed by atoms with E-state index in [4.69, 9.17) is 0 Å². The van der Waals surface area contributed by atoms with Gasteiger partial charge in [-0.3, -0.25) is 4.79 Å². The van der Waals surface area contributed by atoms with Crippen molar-refractivity contribution < 1.29 is 4.79 Å². The van der Waals surface area contributed by atoms with Gasteiger partial charge in [0.1, 0.15) is 5.78 Å². The van der Waals surface area contributed by atoms with E-state index in [-0.39, 0.29) is 10.8 Å². The third-order valence-electron chi connectivity index (χ3n) is 2.91. The first kappa shape index (κ1) is 15.3. The molecule has 0 N–H and O–H groups in total. The smallest absolute Gasteiger partial charge is 0.139 e. The quantitative estimate of drug-likeness (QED) is 0.680. The van der Waals surface area contributed by atoms with Crippen LogP contribution in [0.5, 0.6) is 0 Å². The fourth-order valence-corrected chi connectivity index (χ4v) is 3.89. The van der Waals surface area contributed by atoms with Crippen molar-refractivity contribution in [1.29, 1.82) is 0 Å². The van der Waals surface area contributed by atoms with Crippen molar-refractivity contribution in [3.63, 3.8) is 0 Å². The summed E-state index contributed by atoms with van der Waals surface area (Å²) in [6, 6.07) is 0. The Morgan fingerprint density at radius 1 is 1.29 bits per heavy atom. The summed E-state index contributed by atoms with van der Waals surface area (Å²) in [5.41, 5.74) is -0.0337. The molecule has 17 heavy (non-hydrogen) atoms. The lowest BCUT2D eigenvalue weighted by Gasteiger charge is -2.23. The van der Waals surface area contributed by atoms with Gasteiger partial charge in [-0.15, -0.1) is 11.8 Å². The molecule has 1 rings (SSSR count). The summed E-state index contributed by atoms with van der Waals surface area (Å²) in [5.74, 6) is 0.350. The third-order valence-corrected chi connectivity index (χ3v) is 5.92. The van der Waals surface area contributed by atoms with E-state index in [9.17, 15) is 4.79 Å². The van der Waals surface area contributed by atoms with Gasteiger partial charge in [-0.1, -0.05) is 63.5 Å². The van der Waals surface area contributed by atoms with Crippen molar-refractivity contribution in [3.05, 3.63) is 11.0 Å². The fraction of sp³-hybridized carbons (Fsp3) is 0.786. The van der Waals surface area contributed by atoms with Crippen LogP contribution in [0.2, 0.25) is 0 Å². The first-order chi connectivity index (χ1) is 7.51. The zero-order valence-corrected chi connectivity index (χ0v) is 14.0. The summed E-state index contributed by atoms with van der Waals surface area (Å²) < 4.78 is 0. The Labute approximate surface area is 118 Å². The summed E-state index contributed by atoms with van der Waals surface area (Å²) in [6.45, 7) is 12.7. The maximum atomic E-state index is 12.1. The third kappa shape index (κ3) is 4.13. The molecule has 1 aliphatic rings. The molecule has 1 heterocycles. The van der Waals surface area contributed by atoms with E-state index in [0.29, 0.717) is 22.3 Å². The summed E-state index contributed by atoms with van der Waals surface area (Å²) in [5, 5.41) is 0.357. The molecule has 2 atom stereocenters. The number of Topliss-reactive ketones (excluding diaryl/α,β-unsaturated/α-hetero) is 1. The van der Waals surface area contributed by atoms with Gasteiger partial charge < -0.3 is 0 Å². The second kappa shape index (κ2) is 5.08. The van der Waals surface area contributed by atoms with Gasteiger partial charge in [0.15, 0.2) is 0 Å². The highest BCUT2D eigenvalue weighted by Crippen LogP contribution is 2.47. The number of halogens is 1. The van der Waals surface area contributed by atoms with E-state index in [1.165, 1.54) is 4.91 Å². The van der Waals surface area contributed by atoms with Gasteiger partial charge in [0, 0.05) is 21.9 Å². The number of hydrogen-bond donors (Lipinski definition) is 0. The van der Waals surface area contributed by atoms with Crippen molar-refractivity contribution in [2.24, 2.45) is 10.8 Å². The molecule has 0 aromatic carbocycles. The predicted molar refractivity (Wildman–Crippen MR) is 80.7 cm³/mol. The molecule has 0 radical (unpaired) electrons. The molecule has 0 bridgehead atoms. The molecule has 2 unspecified atom stereocenters. The first-order valence-electron chi connectivity index (χ1n) is 6.08. The number of carbonyl (C=O) groups is 1. The Kier molecular flexibility index (Phi) is 4.57. The Morgan fingerprint density at radius 2 is 1.82 bits per heavy atom. The second-order valence-electron chi connectivity index (χ2n) is 6.76. The van der Waals surface area contributed by atoms with Gasteiger partial charge in [0.25, 0.3) is 0 Å². The number of alkyl halides is 1. The lowest BCUT2D eigenvalue weighted by Crippen LogP contribution is -2.26. The lowest BCUT2D eigenvalue weighted by atomic mass is 9.87. The zero-order chi connectivity index (χ0) is 13.4. The maximum absolute atomic E-state index is 12.1. The normalized spacial score (nSPS) is 25.9. The molecular weight excluding hydrogens is 296 g/mol. The van der Waals surface area contributed by atoms with Crippen molar-refractivity contribution >= 4 is 33.5 Å². The minimum absolute atomic E-state index is 0.191. The van der Waals surface area contributed by atoms with Crippen LogP contribution >= 0.6 is 27.7 Å². The zero-order valence-electron chi connectivity index (χ0n) is 11.6. The van der Waals surface area contributed by atoms with Crippen LogP contribution in [0.25, 0.3) is 0 Å². The average molecular weight is 319 g/mol. The lowest BCUT2D eigenvalue weighted by molar-refractivity contribution is -0.126. The molecule has 0 saturated carbocycles. The molecule has 0 spiro atoms. The van der Waals surface area contributed by atoms with Gasteiger partial charge in [-0.2, -0.15) is 0 Å².